The van der Waals surface area contributed by atoms with Crippen LogP contribution < -0.4 is 10.6 Å². The minimum Gasteiger partial charge on any atom is -0.384 e. The average Bonchev–Trinajstić information content (AvgIpc) is 2.89. The Hall–Kier alpha value is -0.690. The standard InChI is InChI=1S/C14H23N3O2S.ClH/c1-10(2)11-8-20-13(16-11)17-12(18)14(9-19-3)4-6-15-7-5-14;/h8,10,15H,4-7,9H2,1-3H3,(H,16,17,18);1H. The maximum Gasteiger partial charge on any atom is 0.234 e. The molecule has 21 heavy (non-hydrogen) atoms. The van der Waals surface area contributed by atoms with Crippen molar-refractivity contribution in [1.82, 2.24) is 10.3 Å². The van der Waals surface area contributed by atoms with Crippen molar-refractivity contribution in [3.63, 3.8) is 0 Å². The first-order chi connectivity index (χ1) is 9.57. The van der Waals surface area contributed by atoms with E-state index in [-0.39, 0.29) is 18.3 Å². The molecular formula is C14H24ClN3O2S. The number of piperidine rings is 1. The summed E-state index contributed by atoms with van der Waals surface area (Å²) in [5.74, 6) is 0.411. The summed E-state index contributed by atoms with van der Waals surface area (Å²) < 4.78 is 5.28. The van der Waals surface area contributed by atoms with Crippen LogP contribution in [0.2, 0.25) is 0 Å². The third-order valence-electron chi connectivity index (χ3n) is 3.80. The Morgan fingerprint density at radius 1 is 1.52 bits per heavy atom. The molecule has 0 saturated carbocycles. The molecule has 1 saturated heterocycles. The number of hydrogen-bond donors (Lipinski definition) is 2. The van der Waals surface area contributed by atoms with Gasteiger partial charge in [0, 0.05) is 12.5 Å². The van der Waals surface area contributed by atoms with Gasteiger partial charge >= 0.3 is 0 Å². The Morgan fingerprint density at radius 3 is 2.71 bits per heavy atom. The summed E-state index contributed by atoms with van der Waals surface area (Å²) in [4.78, 5) is 17.1. The molecule has 0 unspecified atom stereocenters. The number of amides is 1. The van der Waals surface area contributed by atoms with Crippen LogP contribution in [0.4, 0.5) is 5.13 Å². The highest BCUT2D eigenvalue weighted by atomic mass is 35.5. The molecule has 2 heterocycles. The normalized spacial score (nSPS) is 17.3. The van der Waals surface area contributed by atoms with Crippen LogP contribution in [0.25, 0.3) is 0 Å². The summed E-state index contributed by atoms with van der Waals surface area (Å²) >= 11 is 1.49. The van der Waals surface area contributed by atoms with E-state index < -0.39 is 5.41 Å². The highest BCUT2D eigenvalue weighted by Crippen LogP contribution is 2.31. The van der Waals surface area contributed by atoms with Gasteiger partial charge in [-0.25, -0.2) is 4.98 Å². The molecule has 7 heteroatoms. The quantitative estimate of drug-likeness (QED) is 0.869. The second-order valence-electron chi connectivity index (χ2n) is 5.65. The van der Waals surface area contributed by atoms with Gasteiger partial charge in [-0.1, -0.05) is 13.8 Å². The minimum atomic E-state index is -0.427. The molecule has 2 rings (SSSR count). The molecule has 1 fully saturated rings. The van der Waals surface area contributed by atoms with Gasteiger partial charge in [0.2, 0.25) is 5.91 Å². The van der Waals surface area contributed by atoms with E-state index in [1.54, 1.807) is 7.11 Å². The lowest BCUT2D eigenvalue weighted by Crippen LogP contribution is -2.47. The smallest absolute Gasteiger partial charge is 0.234 e. The van der Waals surface area contributed by atoms with Crippen LogP contribution in [0.3, 0.4) is 0 Å². The fourth-order valence-corrected chi connectivity index (χ4v) is 3.32. The SMILES string of the molecule is COCC1(C(=O)Nc2nc(C(C)C)cs2)CCNCC1.Cl. The summed E-state index contributed by atoms with van der Waals surface area (Å²) in [6.07, 6.45) is 1.60. The maximum absolute atomic E-state index is 12.6. The monoisotopic (exact) mass is 333 g/mol. The number of halogens is 1. The maximum atomic E-state index is 12.6. The summed E-state index contributed by atoms with van der Waals surface area (Å²) in [6, 6.07) is 0. The number of methoxy groups -OCH3 is 1. The largest absolute Gasteiger partial charge is 0.384 e. The Kier molecular flexibility index (Phi) is 7.06. The molecule has 0 bridgehead atoms. The highest BCUT2D eigenvalue weighted by Gasteiger charge is 2.40. The van der Waals surface area contributed by atoms with E-state index in [4.69, 9.17) is 4.74 Å². The molecule has 0 aliphatic carbocycles. The molecule has 120 valence electrons. The van der Waals surface area contributed by atoms with Crippen LogP contribution in [0, 0.1) is 5.41 Å². The Bertz CT molecular complexity index is 453. The first-order valence-corrected chi connectivity index (χ1v) is 7.92. The summed E-state index contributed by atoms with van der Waals surface area (Å²) in [5, 5.41) is 8.95. The van der Waals surface area contributed by atoms with Gasteiger partial charge in [-0.3, -0.25) is 4.79 Å². The molecule has 1 aliphatic heterocycles. The lowest BCUT2D eigenvalue weighted by atomic mass is 9.79. The van der Waals surface area contributed by atoms with E-state index >= 15 is 0 Å². The van der Waals surface area contributed by atoms with Crippen molar-refractivity contribution < 1.29 is 9.53 Å². The van der Waals surface area contributed by atoms with E-state index in [9.17, 15) is 4.79 Å². The van der Waals surface area contributed by atoms with E-state index in [1.807, 2.05) is 5.38 Å². The van der Waals surface area contributed by atoms with Crippen molar-refractivity contribution >= 4 is 34.8 Å². The van der Waals surface area contributed by atoms with Crippen molar-refractivity contribution in [3.8, 4) is 0 Å². The van der Waals surface area contributed by atoms with Gasteiger partial charge in [0.15, 0.2) is 5.13 Å². The lowest BCUT2D eigenvalue weighted by molar-refractivity contribution is -0.130. The average molecular weight is 334 g/mol. The predicted octanol–water partition coefficient (Wildman–Crippen LogP) is 2.64. The van der Waals surface area contributed by atoms with Crippen LogP contribution in [-0.4, -0.2) is 37.7 Å². The van der Waals surface area contributed by atoms with Crippen molar-refractivity contribution in [2.45, 2.75) is 32.6 Å². The molecule has 5 nitrogen and oxygen atoms in total. The van der Waals surface area contributed by atoms with Crippen LogP contribution >= 0.6 is 23.7 Å². The van der Waals surface area contributed by atoms with Gasteiger partial charge in [-0.15, -0.1) is 23.7 Å². The number of carbonyl (C=O) groups is 1. The Morgan fingerprint density at radius 2 is 2.19 bits per heavy atom. The fourth-order valence-electron chi connectivity index (χ4n) is 2.46. The van der Waals surface area contributed by atoms with Crippen molar-refractivity contribution in [2.75, 3.05) is 32.1 Å². The Labute approximate surface area is 136 Å². The van der Waals surface area contributed by atoms with E-state index in [0.717, 1.165) is 31.6 Å². The summed E-state index contributed by atoms with van der Waals surface area (Å²) in [5.41, 5.74) is 0.598. The van der Waals surface area contributed by atoms with E-state index in [2.05, 4.69) is 29.5 Å². The van der Waals surface area contributed by atoms with Crippen LogP contribution in [0.15, 0.2) is 5.38 Å². The van der Waals surface area contributed by atoms with Gasteiger partial charge in [-0.05, 0) is 31.8 Å². The molecule has 0 aromatic carbocycles. The van der Waals surface area contributed by atoms with Crippen LogP contribution in [-0.2, 0) is 9.53 Å². The first kappa shape index (κ1) is 18.4. The lowest BCUT2D eigenvalue weighted by Gasteiger charge is -2.35. The number of ether oxygens (including phenoxy) is 1. The van der Waals surface area contributed by atoms with Gasteiger partial charge in [-0.2, -0.15) is 0 Å². The molecule has 1 aromatic rings. The number of thiazole rings is 1. The number of hydrogen-bond acceptors (Lipinski definition) is 5. The van der Waals surface area contributed by atoms with Gasteiger partial charge < -0.3 is 15.4 Å². The zero-order chi connectivity index (χ0) is 14.6. The van der Waals surface area contributed by atoms with Crippen molar-refractivity contribution in [2.24, 2.45) is 5.41 Å². The van der Waals surface area contributed by atoms with E-state index in [0.29, 0.717) is 17.7 Å². The first-order valence-electron chi connectivity index (χ1n) is 7.04. The summed E-state index contributed by atoms with van der Waals surface area (Å²) in [7, 11) is 1.65. The van der Waals surface area contributed by atoms with Crippen LogP contribution in [0.5, 0.6) is 0 Å². The fraction of sp³-hybridized carbons (Fsp3) is 0.714. The molecule has 0 spiro atoms. The number of anilines is 1. The van der Waals surface area contributed by atoms with Crippen LogP contribution in [0.1, 0.15) is 38.3 Å². The number of carbonyl (C=O) groups excluding carboxylic acids is 1. The van der Waals surface area contributed by atoms with Gasteiger partial charge in [0.1, 0.15) is 0 Å². The second-order valence-corrected chi connectivity index (χ2v) is 6.51. The number of rotatable bonds is 5. The zero-order valence-electron chi connectivity index (χ0n) is 12.8. The molecule has 2 N–H and O–H groups in total. The third-order valence-corrected chi connectivity index (χ3v) is 4.57. The molecule has 0 radical (unpaired) electrons. The molecular weight excluding hydrogens is 310 g/mol. The number of aromatic nitrogens is 1. The molecule has 1 aromatic heterocycles. The third kappa shape index (κ3) is 4.39. The number of nitrogens with zero attached hydrogens (tertiary/aromatic N) is 1. The number of nitrogens with one attached hydrogen (secondary N) is 2. The zero-order valence-corrected chi connectivity index (χ0v) is 14.4. The van der Waals surface area contributed by atoms with E-state index in [1.165, 1.54) is 11.3 Å². The highest BCUT2D eigenvalue weighted by molar-refractivity contribution is 7.13. The predicted molar refractivity (Wildman–Crippen MR) is 88.5 cm³/mol. The van der Waals surface area contributed by atoms with Crippen molar-refractivity contribution in [1.29, 1.82) is 0 Å². The minimum absolute atomic E-state index is 0. The van der Waals surface area contributed by atoms with Crippen molar-refractivity contribution in [3.05, 3.63) is 11.1 Å². The second kappa shape index (κ2) is 8.08. The molecule has 1 amide bonds. The molecule has 0 atom stereocenters. The van der Waals surface area contributed by atoms with Gasteiger partial charge in [0.05, 0.1) is 17.7 Å². The molecule has 1 aliphatic rings. The summed E-state index contributed by atoms with van der Waals surface area (Å²) in [6.45, 7) is 6.36. The van der Waals surface area contributed by atoms with Gasteiger partial charge in [0.25, 0.3) is 0 Å². The Balaban J connectivity index is 0.00000220. The topological polar surface area (TPSA) is 63.2 Å².